The average Bonchev–Trinajstić information content (AvgIpc) is 2.74. The van der Waals surface area contributed by atoms with E-state index in [0.717, 1.165) is 19.3 Å². The minimum atomic E-state index is 0.0737. The van der Waals surface area contributed by atoms with Gasteiger partial charge in [-0.3, -0.25) is 4.79 Å². The second kappa shape index (κ2) is 4.64. The molecular weight excluding hydrogens is 216 g/mol. The van der Waals surface area contributed by atoms with Crippen LogP contribution >= 0.6 is 11.6 Å². The van der Waals surface area contributed by atoms with E-state index in [1.807, 2.05) is 0 Å². The zero-order valence-corrected chi connectivity index (χ0v) is 8.87. The van der Waals surface area contributed by atoms with Crippen LogP contribution in [0.2, 0.25) is 5.02 Å². The fourth-order valence-electron chi connectivity index (χ4n) is 1.47. The van der Waals surface area contributed by atoms with Crippen LogP contribution in [-0.4, -0.2) is 25.6 Å². The SMILES string of the molecule is O=Cc1ccc(OC2CCOC2)c(Cl)c1. The number of rotatable bonds is 3. The van der Waals surface area contributed by atoms with Crippen molar-refractivity contribution in [3.63, 3.8) is 0 Å². The van der Waals surface area contributed by atoms with E-state index in [1.165, 1.54) is 0 Å². The molecule has 3 nitrogen and oxygen atoms in total. The summed E-state index contributed by atoms with van der Waals surface area (Å²) in [6.07, 6.45) is 1.71. The second-order valence-electron chi connectivity index (χ2n) is 3.41. The number of hydrogen-bond acceptors (Lipinski definition) is 3. The third-order valence-corrected chi connectivity index (χ3v) is 2.57. The number of hydrogen-bond donors (Lipinski definition) is 0. The van der Waals surface area contributed by atoms with E-state index in [1.54, 1.807) is 18.2 Å². The number of ether oxygens (including phenoxy) is 2. The summed E-state index contributed by atoms with van der Waals surface area (Å²) in [5.74, 6) is 0.609. The molecule has 80 valence electrons. The van der Waals surface area contributed by atoms with Crippen molar-refractivity contribution in [2.24, 2.45) is 0 Å². The molecule has 0 amide bonds. The number of benzene rings is 1. The lowest BCUT2D eigenvalue weighted by Gasteiger charge is -2.12. The maximum atomic E-state index is 10.5. The molecule has 0 N–H and O–H groups in total. The van der Waals surface area contributed by atoms with Gasteiger partial charge in [0.25, 0.3) is 0 Å². The first kappa shape index (κ1) is 10.5. The zero-order chi connectivity index (χ0) is 10.7. The molecule has 0 aromatic heterocycles. The molecule has 1 heterocycles. The number of halogens is 1. The molecule has 1 atom stereocenters. The maximum absolute atomic E-state index is 10.5. The van der Waals surface area contributed by atoms with E-state index in [4.69, 9.17) is 21.1 Å². The molecule has 4 heteroatoms. The summed E-state index contributed by atoms with van der Waals surface area (Å²) in [6, 6.07) is 4.99. The van der Waals surface area contributed by atoms with Crippen LogP contribution in [0.5, 0.6) is 5.75 Å². The van der Waals surface area contributed by atoms with Crippen LogP contribution in [0.15, 0.2) is 18.2 Å². The Kier molecular flexibility index (Phi) is 3.23. The highest BCUT2D eigenvalue weighted by Gasteiger charge is 2.18. The van der Waals surface area contributed by atoms with Gasteiger partial charge in [-0.05, 0) is 18.2 Å². The summed E-state index contributed by atoms with van der Waals surface area (Å²) >= 11 is 5.96. The summed E-state index contributed by atoms with van der Waals surface area (Å²) in [7, 11) is 0. The van der Waals surface area contributed by atoms with Crippen molar-refractivity contribution in [3.05, 3.63) is 28.8 Å². The van der Waals surface area contributed by atoms with Crippen LogP contribution in [0.3, 0.4) is 0 Å². The lowest BCUT2D eigenvalue weighted by molar-refractivity contribution is 0.112. The lowest BCUT2D eigenvalue weighted by atomic mass is 10.2. The highest BCUT2D eigenvalue weighted by atomic mass is 35.5. The Morgan fingerprint density at radius 1 is 1.53 bits per heavy atom. The number of carbonyl (C=O) groups is 1. The van der Waals surface area contributed by atoms with Crippen LogP contribution in [0.25, 0.3) is 0 Å². The van der Waals surface area contributed by atoms with Gasteiger partial charge >= 0.3 is 0 Å². The fraction of sp³-hybridized carbons (Fsp3) is 0.364. The lowest BCUT2D eigenvalue weighted by Crippen LogP contribution is -2.15. The largest absolute Gasteiger partial charge is 0.486 e. The molecule has 0 saturated carbocycles. The highest BCUT2D eigenvalue weighted by molar-refractivity contribution is 6.32. The van der Waals surface area contributed by atoms with Crippen LogP contribution in [-0.2, 0) is 4.74 Å². The van der Waals surface area contributed by atoms with Crippen molar-refractivity contribution in [2.45, 2.75) is 12.5 Å². The Bertz CT molecular complexity index is 359. The Labute approximate surface area is 92.9 Å². The van der Waals surface area contributed by atoms with Crippen molar-refractivity contribution in [2.75, 3.05) is 13.2 Å². The standard InChI is InChI=1S/C11H11ClO3/c12-10-5-8(6-13)1-2-11(10)15-9-3-4-14-7-9/h1-2,5-6,9H,3-4,7H2. The van der Waals surface area contributed by atoms with E-state index < -0.39 is 0 Å². The van der Waals surface area contributed by atoms with Crippen LogP contribution in [0.4, 0.5) is 0 Å². The number of aldehydes is 1. The molecule has 1 aromatic carbocycles. The van der Waals surface area contributed by atoms with Gasteiger partial charge in [-0.1, -0.05) is 11.6 Å². The van der Waals surface area contributed by atoms with E-state index >= 15 is 0 Å². The first-order chi connectivity index (χ1) is 7.29. The van der Waals surface area contributed by atoms with Crippen molar-refractivity contribution in [1.29, 1.82) is 0 Å². The smallest absolute Gasteiger partial charge is 0.150 e. The Balaban J connectivity index is 2.10. The van der Waals surface area contributed by atoms with E-state index in [2.05, 4.69) is 0 Å². The first-order valence-corrected chi connectivity index (χ1v) is 5.16. The van der Waals surface area contributed by atoms with Gasteiger partial charge in [-0.15, -0.1) is 0 Å². The van der Waals surface area contributed by atoms with Gasteiger partial charge < -0.3 is 9.47 Å². The molecular formula is C11H11ClO3. The zero-order valence-electron chi connectivity index (χ0n) is 8.11. The van der Waals surface area contributed by atoms with Crippen LogP contribution in [0, 0.1) is 0 Å². The Hall–Kier alpha value is -1.06. The first-order valence-electron chi connectivity index (χ1n) is 4.79. The molecule has 15 heavy (non-hydrogen) atoms. The summed E-state index contributed by atoms with van der Waals surface area (Å²) in [5, 5.41) is 0.464. The molecule has 0 bridgehead atoms. The van der Waals surface area contributed by atoms with Gasteiger partial charge in [-0.2, -0.15) is 0 Å². The molecule has 1 fully saturated rings. The third-order valence-electron chi connectivity index (χ3n) is 2.27. The molecule has 2 rings (SSSR count). The van der Waals surface area contributed by atoms with Crippen molar-refractivity contribution < 1.29 is 14.3 Å². The summed E-state index contributed by atoms with van der Waals surface area (Å²) in [5.41, 5.74) is 0.551. The predicted octanol–water partition coefficient (Wildman–Crippen LogP) is 2.32. The van der Waals surface area contributed by atoms with E-state index in [9.17, 15) is 4.79 Å². The molecule has 0 spiro atoms. The molecule has 1 unspecified atom stereocenters. The van der Waals surface area contributed by atoms with Crippen molar-refractivity contribution >= 4 is 17.9 Å². The average molecular weight is 227 g/mol. The quantitative estimate of drug-likeness (QED) is 0.742. The normalized spacial score (nSPS) is 20.2. The number of carbonyl (C=O) groups excluding carboxylic acids is 1. The van der Waals surface area contributed by atoms with E-state index in [0.29, 0.717) is 22.9 Å². The monoisotopic (exact) mass is 226 g/mol. The van der Waals surface area contributed by atoms with Gasteiger partial charge in [0.2, 0.25) is 0 Å². The molecule has 1 aromatic rings. The molecule has 0 aliphatic carbocycles. The topological polar surface area (TPSA) is 35.5 Å². The predicted molar refractivity (Wildman–Crippen MR) is 56.7 cm³/mol. The van der Waals surface area contributed by atoms with Crippen molar-refractivity contribution in [1.82, 2.24) is 0 Å². The van der Waals surface area contributed by atoms with Gasteiger partial charge in [0, 0.05) is 12.0 Å². The summed E-state index contributed by atoms with van der Waals surface area (Å²) in [6.45, 7) is 1.33. The Morgan fingerprint density at radius 3 is 3.00 bits per heavy atom. The second-order valence-corrected chi connectivity index (χ2v) is 3.82. The molecule has 1 aliphatic rings. The van der Waals surface area contributed by atoms with Gasteiger partial charge in [0.05, 0.1) is 18.2 Å². The highest BCUT2D eigenvalue weighted by Crippen LogP contribution is 2.27. The van der Waals surface area contributed by atoms with Crippen LogP contribution in [0.1, 0.15) is 16.8 Å². The molecule has 1 saturated heterocycles. The Morgan fingerprint density at radius 2 is 2.40 bits per heavy atom. The third kappa shape index (κ3) is 2.49. The minimum Gasteiger partial charge on any atom is -0.486 e. The summed E-state index contributed by atoms with van der Waals surface area (Å²) < 4.78 is 10.8. The van der Waals surface area contributed by atoms with Gasteiger partial charge in [0.1, 0.15) is 18.1 Å². The summed E-state index contributed by atoms with van der Waals surface area (Å²) in [4.78, 5) is 10.5. The minimum absolute atomic E-state index is 0.0737. The van der Waals surface area contributed by atoms with Crippen molar-refractivity contribution in [3.8, 4) is 5.75 Å². The van der Waals surface area contributed by atoms with Gasteiger partial charge in [0.15, 0.2) is 0 Å². The van der Waals surface area contributed by atoms with Crippen LogP contribution < -0.4 is 4.74 Å². The molecule has 1 aliphatic heterocycles. The fourth-order valence-corrected chi connectivity index (χ4v) is 1.70. The van der Waals surface area contributed by atoms with Gasteiger partial charge in [-0.25, -0.2) is 0 Å². The molecule has 0 radical (unpaired) electrons. The maximum Gasteiger partial charge on any atom is 0.150 e. The van der Waals surface area contributed by atoms with E-state index in [-0.39, 0.29) is 6.10 Å².